The Bertz CT molecular complexity index is 1010. The fourth-order valence-corrected chi connectivity index (χ4v) is 4.16. The lowest BCUT2D eigenvalue weighted by Gasteiger charge is -2.30. The molecular weight excluding hydrogens is 396 g/mol. The van der Waals surface area contributed by atoms with Crippen molar-refractivity contribution in [3.8, 4) is 0 Å². The number of hydrogen-bond acceptors (Lipinski definition) is 2. The van der Waals surface area contributed by atoms with Crippen LogP contribution in [0.5, 0.6) is 0 Å². The van der Waals surface area contributed by atoms with Crippen molar-refractivity contribution < 1.29 is 9.59 Å². The summed E-state index contributed by atoms with van der Waals surface area (Å²) in [5.74, 6) is -0.0201. The number of amides is 2. The predicted octanol–water partition coefficient (Wildman–Crippen LogP) is 5.15. The maximum absolute atomic E-state index is 13.4. The van der Waals surface area contributed by atoms with Crippen LogP contribution in [0.15, 0.2) is 72.8 Å². The topological polar surface area (TPSA) is 49.4 Å². The molecule has 0 saturated heterocycles. The summed E-state index contributed by atoms with van der Waals surface area (Å²) in [6.07, 6.45) is 3.26. The van der Waals surface area contributed by atoms with Crippen molar-refractivity contribution in [3.63, 3.8) is 0 Å². The molecule has 0 spiro atoms. The van der Waals surface area contributed by atoms with Gasteiger partial charge < -0.3 is 10.2 Å². The number of aryl methyl sites for hydroxylation is 1. The van der Waals surface area contributed by atoms with E-state index >= 15 is 0 Å². The zero-order valence-corrected chi connectivity index (χ0v) is 19.2. The lowest BCUT2D eigenvalue weighted by molar-refractivity contribution is -0.140. The molecule has 2 amide bonds. The molecule has 0 fully saturated rings. The van der Waals surface area contributed by atoms with Crippen LogP contribution < -0.4 is 5.32 Å². The summed E-state index contributed by atoms with van der Waals surface area (Å²) in [4.78, 5) is 28.0. The number of hydrogen-bond donors (Lipinski definition) is 1. The van der Waals surface area contributed by atoms with E-state index in [1.54, 1.807) is 4.90 Å². The highest BCUT2D eigenvalue weighted by Gasteiger charge is 2.27. The van der Waals surface area contributed by atoms with Gasteiger partial charge in [-0.2, -0.15) is 0 Å². The van der Waals surface area contributed by atoms with Crippen molar-refractivity contribution >= 4 is 22.6 Å². The van der Waals surface area contributed by atoms with Crippen LogP contribution in [0.2, 0.25) is 0 Å². The van der Waals surface area contributed by atoms with E-state index in [2.05, 4.69) is 41.7 Å². The van der Waals surface area contributed by atoms with Gasteiger partial charge in [0.2, 0.25) is 11.8 Å². The fourth-order valence-electron chi connectivity index (χ4n) is 4.16. The molecule has 0 aliphatic heterocycles. The van der Waals surface area contributed by atoms with Gasteiger partial charge in [0.1, 0.15) is 6.04 Å². The van der Waals surface area contributed by atoms with Crippen LogP contribution in [0.1, 0.15) is 44.2 Å². The lowest BCUT2D eigenvalue weighted by atomic mass is 10.00. The summed E-state index contributed by atoms with van der Waals surface area (Å²) in [5.41, 5.74) is 2.34. The zero-order chi connectivity index (χ0) is 22.8. The minimum atomic E-state index is -0.440. The Labute approximate surface area is 191 Å². The van der Waals surface area contributed by atoms with Crippen molar-refractivity contribution in [2.75, 3.05) is 13.1 Å². The molecule has 168 valence electrons. The molecule has 32 heavy (non-hydrogen) atoms. The van der Waals surface area contributed by atoms with Crippen LogP contribution in [-0.4, -0.2) is 35.8 Å². The second-order valence-corrected chi connectivity index (χ2v) is 8.18. The van der Waals surface area contributed by atoms with Crippen LogP contribution in [0.25, 0.3) is 10.8 Å². The zero-order valence-electron chi connectivity index (χ0n) is 19.2. The van der Waals surface area contributed by atoms with Crippen molar-refractivity contribution in [2.45, 2.75) is 52.0 Å². The minimum absolute atomic E-state index is 0.0346. The third kappa shape index (κ3) is 6.19. The molecule has 0 unspecified atom stereocenters. The molecular formula is C28H34N2O2. The van der Waals surface area contributed by atoms with Gasteiger partial charge in [0.05, 0.1) is 0 Å². The minimum Gasteiger partial charge on any atom is -0.354 e. The lowest BCUT2D eigenvalue weighted by Crippen LogP contribution is -2.50. The smallest absolute Gasteiger partial charge is 0.242 e. The molecule has 0 aromatic heterocycles. The molecule has 0 aliphatic carbocycles. The van der Waals surface area contributed by atoms with E-state index in [-0.39, 0.29) is 11.8 Å². The quantitative estimate of drug-likeness (QED) is 0.457. The standard InChI is InChI=1S/C28H34N2O2/c1-3-20-29-28(32)26(4-2)30(21-19-22-11-6-5-7-12-22)27(31)18-17-24-15-10-14-23-13-8-9-16-25(23)24/h5-16,26H,3-4,17-21H2,1-2H3,(H,29,32)/t26-/m0/s1. The van der Waals surface area contributed by atoms with E-state index in [1.807, 2.05) is 50.2 Å². The number of benzene rings is 3. The molecule has 0 saturated carbocycles. The van der Waals surface area contributed by atoms with E-state index in [4.69, 9.17) is 0 Å². The van der Waals surface area contributed by atoms with Gasteiger partial charge in [-0.15, -0.1) is 0 Å². The van der Waals surface area contributed by atoms with Crippen LogP contribution in [0.3, 0.4) is 0 Å². The Morgan fingerprint density at radius 1 is 0.875 bits per heavy atom. The summed E-state index contributed by atoms with van der Waals surface area (Å²) in [6.45, 7) is 5.18. The Morgan fingerprint density at radius 2 is 1.59 bits per heavy atom. The first-order valence-corrected chi connectivity index (χ1v) is 11.7. The first-order chi connectivity index (χ1) is 15.6. The number of nitrogens with zero attached hydrogens (tertiary/aromatic N) is 1. The molecule has 1 N–H and O–H groups in total. The van der Waals surface area contributed by atoms with Crippen LogP contribution >= 0.6 is 0 Å². The molecule has 3 aromatic rings. The molecule has 3 rings (SSSR count). The average Bonchev–Trinajstić information content (AvgIpc) is 2.84. The normalized spacial score (nSPS) is 11.8. The molecule has 1 atom stereocenters. The summed E-state index contributed by atoms with van der Waals surface area (Å²) in [7, 11) is 0. The van der Waals surface area contributed by atoms with E-state index < -0.39 is 6.04 Å². The summed E-state index contributed by atoms with van der Waals surface area (Å²) in [6, 6.07) is 24.2. The van der Waals surface area contributed by atoms with Crippen LogP contribution in [0, 0.1) is 0 Å². The number of carbonyl (C=O) groups excluding carboxylic acids is 2. The highest BCUT2D eigenvalue weighted by molar-refractivity contribution is 5.89. The van der Waals surface area contributed by atoms with Crippen molar-refractivity contribution in [3.05, 3.63) is 83.9 Å². The summed E-state index contributed by atoms with van der Waals surface area (Å²) in [5, 5.41) is 5.35. The molecule has 0 heterocycles. The number of nitrogens with one attached hydrogen (secondary N) is 1. The van der Waals surface area contributed by atoms with E-state index in [0.717, 1.165) is 12.8 Å². The molecule has 0 bridgehead atoms. The third-order valence-corrected chi connectivity index (χ3v) is 5.91. The second kappa shape index (κ2) is 12.0. The maximum Gasteiger partial charge on any atom is 0.242 e. The van der Waals surface area contributed by atoms with Gasteiger partial charge in [0.25, 0.3) is 0 Å². The number of carbonyl (C=O) groups is 2. The number of fused-ring (bicyclic) bond motifs is 1. The van der Waals surface area contributed by atoms with Gasteiger partial charge in [0.15, 0.2) is 0 Å². The van der Waals surface area contributed by atoms with Gasteiger partial charge in [-0.25, -0.2) is 0 Å². The maximum atomic E-state index is 13.4. The van der Waals surface area contributed by atoms with Crippen LogP contribution in [0.4, 0.5) is 0 Å². The predicted molar refractivity (Wildman–Crippen MR) is 132 cm³/mol. The second-order valence-electron chi connectivity index (χ2n) is 8.18. The van der Waals surface area contributed by atoms with Gasteiger partial charge in [-0.3, -0.25) is 9.59 Å². The summed E-state index contributed by atoms with van der Waals surface area (Å²) >= 11 is 0. The SMILES string of the molecule is CCCNC(=O)[C@H](CC)N(CCc1ccccc1)C(=O)CCc1cccc2ccccc12. The Kier molecular flexibility index (Phi) is 8.85. The first-order valence-electron chi connectivity index (χ1n) is 11.7. The Morgan fingerprint density at radius 3 is 2.34 bits per heavy atom. The van der Waals surface area contributed by atoms with Crippen molar-refractivity contribution in [2.24, 2.45) is 0 Å². The Hall–Kier alpha value is -3.14. The molecule has 4 heteroatoms. The van der Waals surface area contributed by atoms with Gasteiger partial charge in [-0.1, -0.05) is 86.6 Å². The highest BCUT2D eigenvalue weighted by atomic mass is 16.2. The van der Waals surface area contributed by atoms with E-state index in [0.29, 0.717) is 32.4 Å². The van der Waals surface area contributed by atoms with E-state index in [9.17, 15) is 9.59 Å². The van der Waals surface area contributed by atoms with Crippen molar-refractivity contribution in [1.82, 2.24) is 10.2 Å². The van der Waals surface area contributed by atoms with Gasteiger partial charge in [-0.05, 0) is 47.6 Å². The molecule has 3 aromatic carbocycles. The van der Waals surface area contributed by atoms with E-state index in [1.165, 1.54) is 21.9 Å². The average molecular weight is 431 g/mol. The number of rotatable bonds is 11. The molecule has 0 radical (unpaired) electrons. The highest BCUT2D eigenvalue weighted by Crippen LogP contribution is 2.20. The third-order valence-electron chi connectivity index (χ3n) is 5.91. The van der Waals surface area contributed by atoms with Gasteiger partial charge in [0, 0.05) is 19.5 Å². The molecule has 0 aliphatic rings. The largest absolute Gasteiger partial charge is 0.354 e. The first kappa shape index (κ1) is 23.5. The Balaban J connectivity index is 1.75. The monoisotopic (exact) mass is 430 g/mol. The van der Waals surface area contributed by atoms with Gasteiger partial charge >= 0.3 is 0 Å². The molecule has 4 nitrogen and oxygen atoms in total. The van der Waals surface area contributed by atoms with Crippen LogP contribution in [-0.2, 0) is 22.4 Å². The fraction of sp³-hybridized carbons (Fsp3) is 0.357. The van der Waals surface area contributed by atoms with Crippen molar-refractivity contribution in [1.29, 1.82) is 0 Å². The summed E-state index contributed by atoms with van der Waals surface area (Å²) < 4.78 is 0.